The molecule has 20 heavy (non-hydrogen) atoms. The molecule has 0 amide bonds. The molecule has 1 aromatic carbocycles. The van der Waals surface area contributed by atoms with Gasteiger partial charge in [-0.15, -0.1) is 12.4 Å². The van der Waals surface area contributed by atoms with Crippen LogP contribution in [0, 0.1) is 5.41 Å². The average Bonchev–Trinajstić information content (AvgIpc) is 2.80. The summed E-state index contributed by atoms with van der Waals surface area (Å²) in [7, 11) is 0. The van der Waals surface area contributed by atoms with E-state index in [1.807, 2.05) is 6.07 Å². The molecular weight excluding hydrogens is 276 g/mol. The van der Waals surface area contributed by atoms with E-state index in [1.54, 1.807) is 24.7 Å². The zero-order valence-corrected chi connectivity index (χ0v) is 12.8. The first kappa shape index (κ1) is 16.4. The van der Waals surface area contributed by atoms with Crippen molar-refractivity contribution < 1.29 is 9.84 Å². The number of aromatic amines is 1. The number of hydrogen-bond donors (Lipinski definition) is 2. The normalized spacial score (nSPS) is 10.9. The SMILES string of the molecule is CC(C)(C)CCOc1cccc(O)c1-c1cnc[nH]1.Cl. The zero-order valence-electron chi connectivity index (χ0n) is 12.0. The number of ether oxygens (including phenoxy) is 1. The molecule has 2 N–H and O–H groups in total. The van der Waals surface area contributed by atoms with E-state index >= 15 is 0 Å². The molecule has 0 unspecified atom stereocenters. The number of phenols is 1. The summed E-state index contributed by atoms with van der Waals surface area (Å²) >= 11 is 0. The van der Waals surface area contributed by atoms with Crippen LogP contribution in [0.15, 0.2) is 30.7 Å². The Morgan fingerprint density at radius 3 is 2.65 bits per heavy atom. The standard InChI is InChI=1S/C15H20N2O2.ClH/c1-15(2,3)7-8-19-13-6-4-5-12(18)14(13)11-9-16-10-17-11;/h4-6,9-10,18H,7-8H2,1-3H3,(H,16,17);1H. The van der Waals surface area contributed by atoms with E-state index < -0.39 is 0 Å². The summed E-state index contributed by atoms with van der Waals surface area (Å²) in [5.41, 5.74) is 1.64. The highest BCUT2D eigenvalue weighted by Gasteiger charge is 2.14. The van der Waals surface area contributed by atoms with Gasteiger partial charge < -0.3 is 14.8 Å². The van der Waals surface area contributed by atoms with Crippen molar-refractivity contribution >= 4 is 12.4 Å². The Morgan fingerprint density at radius 2 is 2.05 bits per heavy atom. The van der Waals surface area contributed by atoms with Crippen LogP contribution in [0.1, 0.15) is 27.2 Å². The van der Waals surface area contributed by atoms with Crippen LogP contribution < -0.4 is 4.74 Å². The first-order valence-electron chi connectivity index (χ1n) is 6.41. The Morgan fingerprint density at radius 1 is 1.30 bits per heavy atom. The number of nitrogens with one attached hydrogen (secondary N) is 1. The molecule has 5 heteroatoms. The highest BCUT2D eigenvalue weighted by molar-refractivity contribution is 5.85. The first-order valence-corrected chi connectivity index (χ1v) is 6.41. The molecule has 0 spiro atoms. The van der Waals surface area contributed by atoms with Gasteiger partial charge in [-0.05, 0) is 24.0 Å². The Bertz CT molecular complexity index is 533. The summed E-state index contributed by atoms with van der Waals surface area (Å²) in [6.07, 6.45) is 4.21. The maximum Gasteiger partial charge on any atom is 0.132 e. The molecular formula is C15H21ClN2O2. The maximum atomic E-state index is 9.99. The Balaban J connectivity index is 0.00000200. The van der Waals surface area contributed by atoms with Gasteiger partial charge in [-0.25, -0.2) is 4.98 Å². The number of H-pyrrole nitrogens is 1. The lowest BCUT2D eigenvalue weighted by molar-refractivity contribution is 0.243. The van der Waals surface area contributed by atoms with Gasteiger partial charge in [0.05, 0.1) is 30.4 Å². The van der Waals surface area contributed by atoms with Gasteiger partial charge in [-0.3, -0.25) is 0 Å². The fraction of sp³-hybridized carbons (Fsp3) is 0.400. The van der Waals surface area contributed by atoms with E-state index in [2.05, 4.69) is 30.7 Å². The van der Waals surface area contributed by atoms with Gasteiger partial charge in [0.1, 0.15) is 11.5 Å². The van der Waals surface area contributed by atoms with Crippen molar-refractivity contribution in [2.75, 3.05) is 6.61 Å². The molecule has 1 heterocycles. The number of halogens is 1. The molecule has 0 saturated carbocycles. The molecule has 2 aromatic rings. The highest BCUT2D eigenvalue weighted by Crippen LogP contribution is 2.36. The molecule has 0 saturated heterocycles. The first-order chi connectivity index (χ1) is 8.97. The van der Waals surface area contributed by atoms with Gasteiger partial charge in [0.15, 0.2) is 0 Å². The minimum absolute atomic E-state index is 0. The quantitative estimate of drug-likeness (QED) is 0.896. The third-order valence-electron chi connectivity index (χ3n) is 2.88. The minimum atomic E-state index is 0. The Kier molecular flexibility index (Phi) is 5.45. The molecule has 0 aliphatic carbocycles. The van der Waals surface area contributed by atoms with Crippen molar-refractivity contribution in [2.24, 2.45) is 5.41 Å². The van der Waals surface area contributed by atoms with Crippen molar-refractivity contribution in [1.29, 1.82) is 0 Å². The van der Waals surface area contributed by atoms with Crippen molar-refractivity contribution in [2.45, 2.75) is 27.2 Å². The second-order valence-electron chi connectivity index (χ2n) is 5.77. The number of imidazole rings is 1. The largest absolute Gasteiger partial charge is 0.507 e. The molecule has 0 aliphatic rings. The van der Waals surface area contributed by atoms with Crippen LogP contribution in [0.5, 0.6) is 11.5 Å². The van der Waals surface area contributed by atoms with Crippen molar-refractivity contribution in [3.63, 3.8) is 0 Å². The number of phenolic OH excluding ortho intramolecular Hbond substituents is 1. The van der Waals surface area contributed by atoms with Crippen molar-refractivity contribution in [3.05, 3.63) is 30.7 Å². The van der Waals surface area contributed by atoms with Gasteiger partial charge >= 0.3 is 0 Å². The van der Waals surface area contributed by atoms with Crippen LogP contribution in [0.3, 0.4) is 0 Å². The predicted octanol–water partition coefficient (Wildman–Crippen LogP) is 4.02. The lowest BCUT2D eigenvalue weighted by atomic mass is 9.93. The smallest absolute Gasteiger partial charge is 0.132 e. The van der Waals surface area contributed by atoms with Crippen molar-refractivity contribution in [1.82, 2.24) is 9.97 Å². The Labute approximate surface area is 125 Å². The molecule has 0 bridgehead atoms. The minimum Gasteiger partial charge on any atom is -0.507 e. The molecule has 110 valence electrons. The fourth-order valence-corrected chi connectivity index (χ4v) is 1.77. The van der Waals surface area contributed by atoms with Gasteiger partial charge in [-0.2, -0.15) is 0 Å². The molecule has 1 aromatic heterocycles. The zero-order chi connectivity index (χ0) is 13.9. The molecule has 4 nitrogen and oxygen atoms in total. The summed E-state index contributed by atoms with van der Waals surface area (Å²) < 4.78 is 5.81. The van der Waals surface area contributed by atoms with Crippen LogP contribution in [-0.4, -0.2) is 21.7 Å². The number of aromatic hydroxyl groups is 1. The van der Waals surface area contributed by atoms with E-state index in [0.29, 0.717) is 17.9 Å². The van der Waals surface area contributed by atoms with E-state index in [1.165, 1.54) is 0 Å². The monoisotopic (exact) mass is 296 g/mol. The summed E-state index contributed by atoms with van der Waals surface area (Å²) in [6.45, 7) is 7.14. The summed E-state index contributed by atoms with van der Waals surface area (Å²) in [5.74, 6) is 0.867. The summed E-state index contributed by atoms with van der Waals surface area (Å²) in [5, 5.41) is 9.99. The summed E-state index contributed by atoms with van der Waals surface area (Å²) in [6, 6.07) is 5.28. The second-order valence-corrected chi connectivity index (χ2v) is 5.77. The third-order valence-corrected chi connectivity index (χ3v) is 2.88. The van der Waals surface area contributed by atoms with Gasteiger partial charge in [0.2, 0.25) is 0 Å². The molecule has 0 radical (unpaired) electrons. The number of rotatable bonds is 4. The lowest BCUT2D eigenvalue weighted by Gasteiger charge is -2.19. The average molecular weight is 297 g/mol. The molecule has 0 atom stereocenters. The van der Waals surface area contributed by atoms with Crippen LogP contribution in [-0.2, 0) is 0 Å². The third kappa shape index (κ3) is 4.17. The molecule has 0 fully saturated rings. The number of benzene rings is 1. The number of nitrogens with zero attached hydrogens (tertiary/aromatic N) is 1. The molecule has 2 rings (SSSR count). The Hall–Kier alpha value is -1.68. The highest BCUT2D eigenvalue weighted by atomic mass is 35.5. The second kappa shape index (κ2) is 6.66. The van der Waals surface area contributed by atoms with Gasteiger partial charge in [0, 0.05) is 0 Å². The van der Waals surface area contributed by atoms with Crippen LogP contribution in [0.2, 0.25) is 0 Å². The van der Waals surface area contributed by atoms with E-state index in [4.69, 9.17) is 4.74 Å². The van der Waals surface area contributed by atoms with Crippen LogP contribution in [0.25, 0.3) is 11.3 Å². The van der Waals surface area contributed by atoms with Crippen LogP contribution >= 0.6 is 12.4 Å². The van der Waals surface area contributed by atoms with E-state index in [-0.39, 0.29) is 23.6 Å². The fourth-order valence-electron chi connectivity index (χ4n) is 1.77. The number of aromatic nitrogens is 2. The lowest BCUT2D eigenvalue weighted by Crippen LogP contribution is -2.11. The number of hydrogen-bond acceptors (Lipinski definition) is 3. The van der Waals surface area contributed by atoms with Crippen LogP contribution in [0.4, 0.5) is 0 Å². The topological polar surface area (TPSA) is 58.1 Å². The predicted molar refractivity (Wildman–Crippen MR) is 82.5 cm³/mol. The van der Waals surface area contributed by atoms with Gasteiger partial charge in [0.25, 0.3) is 0 Å². The van der Waals surface area contributed by atoms with Gasteiger partial charge in [-0.1, -0.05) is 26.8 Å². The maximum absolute atomic E-state index is 9.99. The van der Waals surface area contributed by atoms with Crippen molar-refractivity contribution in [3.8, 4) is 22.8 Å². The van der Waals surface area contributed by atoms with E-state index in [9.17, 15) is 5.11 Å². The molecule has 0 aliphatic heterocycles. The van der Waals surface area contributed by atoms with E-state index in [0.717, 1.165) is 12.1 Å². The summed E-state index contributed by atoms with van der Waals surface area (Å²) in [4.78, 5) is 6.97.